The van der Waals surface area contributed by atoms with Crippen molar-refractivity contribution in [3.63, 3.8) is 0 Å². The fraction of sp³-hybridized carbons (Fsp3) is 0. The van der Waals surface area contributed by atoms with E-state index in [2.05, 4.69) is 144 Å². The number of aromatic nitrogens is 5. The van der Waals surface area contributed by atoms with Crippen LogP contribution in [0.2, 0.25) is 0 Å². The molecule has 0 aliphatic heterocycles. The Bertz CT molecular complexity index is 2900. The van der Waals surface area contributed by atoms with Crippen LogP contribution in [-0.4, -0.2) is 24.3 Å². The zero-order valence-corrected chi connectivity index (χ0v) is 28.6. The van der Waals surface area contributed by atoms with Crippen LogP contribution in [0.1, 0.15) is 0 Å². The molecule has 0 saturated heterocycles. The van der Waals surface area contributed by atoms with Crippen LogP contribution in [-0.2, 0) is 0 Å². The van der Waals surface area contributed by atoms with Crippen molar-refractivity contribution in [3.8, 4) is 67.5 Å². The van der Waals surface area contributed by atoms with Gasteiger partial charge in [0.05, 0.1) is 28.3 Å². The molecule has 5 nitrogen and oxygen atoms in total. The summed E-state index contributed by atoms with van der Waals surface area (Å²) in [7, 11) is 0. The highest BCUT2D eigenvalue weighted by Gasteiger charge is 2.17. The molecule has 0 bridgehead atoms. The van der Waals surface area contributed by atoms with Crippen molar-refractivity contribution in [2.45, 2.75) is 0 Å². The van der Waals surface area contributed by atoms with Gasteiger partial charge in [-0.3, -0.25) is 0 Å². The first-order valence-electron chi connectivity index (χ1n) is 17.7. The van der Waals surface area contributed by atoms with Gasteiger partial charge < -0.3 is 4.40 Å². The zero-order valence-electron chi connectivity index (χ0n) is 28.6. The topological polar surface area (TPSA) is 56.0 Å². The number of fused-ring (bicyclic) bond motifs is 5. The number of para-hydroxylation sites is 1. The molecule has 248 valence electrons. The number of pyridine rings is 2. The Morgan fingerprint density at radius 3 is 1.55 bits per heavy atom. The second kappa shape index (κ2) is 12.8. The van der Waals surface area contributed by atoms with Crippen molar-refractivity contribution in [3.05, 3.63) is 188 Å². The van der Waals surface area contributed by atoms with Gasteiger partial charge >= 0.3 is 0 Å². The maximum absolute atomic E-state index is 5.22. The van der Waals surface area contributed by atoms with Crippen molar-refractivity contribution < 1.29 is 0 Å². The Hall–Kier alpha value is -7.24. The molecule has 0 N–H and O–H groups in total. The predicted octanol–water partition coefficient (Wildman–Crippen LogP) is 11.8. The van der Waals surface area contributed by atoms with Crippen LogP contribution >= 0.6 is 0 Å². The molecule has 0 aliphatic carbocycles. The summed E-state index contributed by atoms with van der Waals surface area (Å²) in [6.07, 6.45) is 4.19. The first-order chi connectivity index (χ1) is 26.2. The molecular formula is C48H31N5. The van der Waals surface area contributed by atoms with Gasteiger partial charge in [0.25, 0.3) is 0 Å². The van der Waals surface area contributed by atoms with E-state index in [9.17, 15) is 0 Å². The van der Waals surface area contributed by atoms with E-state index in [1.165, 1.54) is 11.1 Å². The molecule has 4 aromatic heterocycles. The van der Waals surface area contributed by atoms with Crippen LogP contribution in [0.15, 0.2) is 188 Å². The maximum Gasteiger partial charge on any atom is 0.160 e. The van der Waals surface area contributed by atoms with E-state index in [0.29, 0.717) is 5.82 Å². The van der Waals surface area contributed by atoms with E-state index in [0.717, 1.165) is 77.9 Å². The summed E-state index contributed by atoms with van der Waals surface area (Å²) in [5.74, 6) is 0.670. The van der Waals surface area contributed by atoms with Gasteiger partial charge in [-0.05, 0) is 29.3 Å². The molecule has 0 amide bonds. The van der Waals surface area contributed by atoms with Crippen LogP contribution in [0.25, 0.3) is 94.9 Å². The van der Waals surface area contributed by atoms with Gasteiger partial charge in [0.1, 0.15) is 5.65 Å². The number of imidazole rings is 1. The van der Waals surface area contributed by atoms with E-state index in [1.807, 2.05) is 48.5 Å². The number of rotatable bonds is 6. The third-order valence-electron chi connectivity index (χ3n) is 9.86. The number of hydrogen-bond acceptors (Lipinski definition) is 4. The molecule has 5 heteroatoms. The summed E-state index contributed by atoms with van der Waals surface area (Å²) < 4.78 is 2.12. The fourth-order valence-electron chi connectivity index (χ4n) is 7.17. The molecular weight excluding hydrogens is 647 g/mol. The van der Waals surface area contributed by atoms with E-state index < -0.39 is 0 Å². The third kappa shape index (κ3) is 5.61. The van der Waals surface area contributed by atoms with E-state index >= 15 is 0 Å². The first-order valence-corrected chi connectivity index (χ1v) is 17.7. The fourth-order valence-corrected chi connectivity index (χ4v) is 7.17. The monoisotopic (exact) mass is 677 g/mol. The van der Waals surface area contributed by atoms with Gasteiger partial charge in [-0.1, -0.05) is 158 Å². The summed E-state index contributed by atoms with van der Waals surface area (Å²) in [5, 5.41) is 3.22. The third-order valence-corrected chi connectivity index (χ3v) is 9.86. The highest BCUT2D eigenvalue weighted by molar-refractivity contribution is 6.16. The normalized spacial score (nSPS) is 11.4. The van der Waals surface area contributed by atoms with Gasteiger partial charge in [0.2, 0.25) is 0 Å². The summed E-state index contributed by atoms with van der Waals surface area (Å²) in [6, 6.07) is 60.7. The van der Waals surface area contributed by atoms with Crippen LogP contribution in [0.4, 0.5) is 0 Å². The van der Waals surface area contributed by atoms with Crippen molar-refractivity contribution in [1.29, 1.82) is 0 Å². The number of nitrogens with zero attached hydrogens (tertiary/aromatic N) is 5. The summed E-state index contributed by atoms with van der Waals surface area (Å²) in [4.78, 5) is 20.6. The number of hydrogen-bond donors (Lipinski definition) is 0. The SMILES string of the molecule is c1ccc(-c2ccc(-c3cc(-c4ccccc4)nc(-c4ccc(-c5nc6ccccc6c6c5ccn5cc(-c7ccccc7)nc65)cc4)n3)cc2)cc1. The minimum Gasteiger partial charge on any atom is -0.306 e. The molecule has 0 spiro atoms. The highest BCUT2D eigenvalue weighted by atomic mass is 15.0. The lowest BCUT2D eigenvalue weighted by molar-refractivity contribution is 1.18. The molecule has 4 heterocycles. The van der Waals surface area contributed by atoms with Gasteiger partial charge in [-0.2, -0.15) is 0 Å². The van der Waals surface area contributed by atoms with E-state index in [4.69, 9.17) is 19.9 Å². The lowest BCUT2D eigenvalue weighted by atomic mass is 10.00. The van der Waals surface area contributed by atoms with Crippen molar-refractivity contribution in [2.75, 3.05) is 0 Å². The lowest BCUT2D eigenvalue weighted by Gasteiger charge is -2.12. The average molecular weight is 678 g/mol. The minimum atomic E-state index is 0.670. The smallest absolute Gasteiger partial charge is 0.160 e. The summed E-state index contributed by atoms with van der Waals surface area (Å²) in [6.45, 7) is 0. The van der Waals surface area contributed by atoms with Gasteiger partial charge in [-0.15, -0.1) is 0 Å². The predicted molar refractivity (Wildman–Crippen MR) is 216 cm³/mol. The molecule has 53 heavy (non-hydrogen) atoms. The standard InChI is InChI=1S/C48H31N5/c1-4-12-32(13-5-1)33-20-22-36(23-21-33)43-30-42(34-14-6-2-7-15-34)50-47(51-43)38-26-24-37(25-27-38)46-40-28-29-53-31-44(35-16-8-3-9-17-35)52-48(53)45(40)39-18-10-11-19-41(39)49-46/h1-31H. The van der Waals surface area contributed by atoms with Gasteiger partial charge in [-0.25, -0.2) is 19.9 Å². The van der Waals surface area contributed by atoms with Crippen molar-refractivity contribution in [1.82, 2.24) is 24.3 Å². The molecule has 0 radical (unpaired) electrons. The van der Waals surface area contributed by atoms with Crippen LogP contribution in [0, 0.1) is 0 Å². The maximum atomic E-state index is 5.22. The molecule has 6 aromatic carbocycles. The zero-order chi connectivity index (χ0) is 35.1. The average Bonchev–Trinajstić information content (AvgIpc) is 3.69. The molecule has 0 saturated carbocycles. The van der Waals surface area contributed by atoms with E-state index in [-0.39, 0.29) is 0 Å². The Morgan fingerprint density at radius 1 is 0.358 bits per heavy atom. The first kappa shape index (κ1) is 30.6. The van der Waals surface area contributed by atoms with E-state index in [1.54, 1.807) is 0 Å². The second-order valence-corrected chi connectivity index (χ2v) is 13.2. The molecule has 10 aromatic rings. The molecule has 0 unspecified atom stereocenters. The lowest BCUT2D eigenvalue weighted by Crippen LogP contribution is -1.96. The van der Waals surface area contributed by atoms with Crippen molar-refractivity contribution in [2.24, 2.45) is 0 Å². The second-order valence-electron chi connectivity index (χ2n) is 13.2. The summed E-state index contributed by atoms with van der Waals surface area (Å²) in [5.41, 5.74) is 12.9. The molecule has 10 rings (SSSR count). The Kier molecular flexibility index (Phi) is 7.40. The Morgan fingerprint density at radius 2 is 0.868 bits per heavy atom. The quantitative estimate of drug-likeness (QED) is 0.164. The van der Waals surface area contributed by atoms with Crippen LogP contribution in [0.3, 0.4) is 0 Å². The van der Waals surface area contributed by atoms with Gasteiger partial charge in [0, 0.05) is 56.4 Å². The van der Waals surface area contributed by atoms with Gasteiger partial charge in [0.15, 0.2) is 5.82 Å². The largest absolute Gasteiger partial charge is 0.306 e. The molecule has 0 aliphatic rings. The van der Waals surface area contributed by atoms with Crippen LogP contribution < -0.4 is 0 Å². The number of benzene rings is 6. The van der Waals surface area contributed by atoms with Crippen LogP contribution in [0.5, 0.6) is 0 Å². The summed E-state index contributed by atoms with van der Waals surface area (Å²) >= 11 is 0. The minimum absolute atomic E-state index is 0.670. The Labute approximate surface area is 306 Å². The Balaban J connectivity index is 1.08. The van der Waals surface area contributed by atoms with Crippen molar-refractivity contribution >= 4 is 27.3 Å². The molecule has 0 atom stereocenters. The molecule has 0 fully saturated rings. The highest BCUT2D eigenvalue weighted by Crippen LogP contribution is 2.37.